The van der Waals surface area contributed by atoms with Crippen molar-refractivity contribution in [1.29, 1.82) is 0 Å². The van der Waals surface area contributed by atoms with Crippen LogP contribution in [0.15, 0.2) is 48.5 Å². The van der Waals surface area contributed by atoms with Crippen molar-refractivity contribution in [1.82, 2.24) is 5.32 Å². The monoisotopic (exact) mass is 313 g/mol. The second kappa shape index (κ2) is 8.11. The molecule has 2 rings (SSSR count). The number of ether oxygens (including phenoxy) is 1. The maximum absolute atomic E-state index is 12.1. The van der Waals surface area contributed by atoms with Crippen LogP contribution in [0.2, 0.25) is 5.02 Å². The molecular formula is C18H16ClNO2. The van der Waals surface area contributed by atoms with Gasteiger partial charge in [-0.3, -0.25) is 4.79 Å². The highest BCUT2D eigenvalue weighted by molar-refractivity contribution is 6.31. The van der Waals surface area contributed by atoms with Crippen molar-refractivity contribution in [2.45, 2.75) is 6.92 Å². The second-order valence-electron chi connectivity index (χ2n) is 4.39. The Morgan fingerprint density at radius 1 is 1.18 bits per heavy atom. The van der Waals surface area contributed by atoms with Crippen molar-refractivity contribution >= 4 is 17.5 Å². The first kappa shape index (κ1) is 15.9. The number of carbonyl (C=O) groups is 1. The Morgan fingerprint density at radius 3 is 2.68 bits per heavy atom. The van der Waals surface area contributed by atoms with Crippen LogP contribution in [0.5, 0.6) is 5.75 Å². The summed E-state index contributed by atoms with van der Waals surface area (Å²) in [7, 11) is 0. The predicted molar refractivity (Wildman–Crippen MR) is 88.3 cm³/mol. The summed E-state index contributed by atoms with van der Waals surface area (Å²) in [5.74, 6) is 6.18. The lowest BCUT2D eigenvalue weighted by Crippen LogP contribution is -2.24. The molecule has 112 valence electrons. The maximum Gasteiger partial charge on any atom is 0.255 e. The van der Waals surface area contributed by atoms with Gasteiger partial charge in [0.15, 0.2) is 0 Å². The zero-order valence-corrected chi connectivity index (χ0v) is 13.0. The number of rotatable bonds is 4. The number of amides is 1. The van der Waals surface area contributed by atoms with Crippen molar-refractivity contribution in [2.24, 2.45) is 0 Å². The van der Waals surface area contributed by atoms with Gasteiger partial charge in [0.25, 0.3) is 5.91 Å². The first-order valence-corrected chi connectivity index (χ1v) is 7.33. The minimum Gasteiger partial charge on any atom is -0.493 e. The maximum atomic E-state index is 12.1. The van der Waals surface area contributed by atoms with Gasteiger partial charge in [0.2, 0.25) is 0 Å². The van der Waals surface area contributed by atoms with Crippen LogP contribution in [0.3, 0.4) is 0 Å². The van der Waals surface area contributed by atoms with Crippen LogP contribution in [0.4, 0.5) is 0 Å². The minimum atomic E-state index is -0.211. The lowest BCUT2D eigenvalue weighted by molar-refractivity contribution is 0.0955. The van der Waals surface area contributed by atoms with Crippen LogP contribution in [0.1, 0.15) is 22.8 Å². The normalized spacial score (nSPS) is 9.55. The third-order valence-electron chi connectivity index (χ3n) is 2.87. The second-order valence-corrected chi connectivity index (χ2v) is 4.80. The van der Waals surface area contributed by atoms with Crippen LogP contribution < -0.4 is 10.1 Å². The Kier molecular flexibility index (Phi) is 5.88. The van der Waals surface area contributed by atoms with Crippen LogP contribution in [-0.4, -0.2) is 19.1 Å². The van der Waals surface area contributed by atoms with Crippen molar-refractivity contribution < 1.29 is 9.53 Å². The van der Waals surface area contributed by atoms with E-state index < -0.39 is 0 Å². The van der Waals surface area contributed by atoms with E-state index in [4.69, 9.17) is 16.3 Å². The van der Waals surface area contributed by atoms with Gasteiger partial charge in [-0.05, 0) is 31.2 Å². The lowest BCUT2D eigenvalue weighted by Gasteiger charge is -2.08. The molecular weight excluding hydrogens is 298 g/mol. The van der Waals surface area contributed by atoms with Crippen molar-refractivity contribution in [3.8, 4) is 17.6 Å². The predicted octanol–water partition coefficient (Wildman–Crippen LogP) is 3.52. The zero-order chi connectivity index (χ0) is 15.8. The average Bonchev–Trinajstić information content (AvgIpc) is 2.54. The molecule has 3 nitrogen and oxygen atoms in total. The van der Waals surface area contributed by atoms with Gasteiger partial charge in [0.1, 0.15) is 5.75 Å². The lowest BCUT2D eigenvalue weighted by atomic mass is 10.2. The molecule has 1 N–H and O–H groups in total. The Hall–Kier alpha value is -2.44. The van der Waals surface area contributed by atoms with E-state index in [9.17, 15) is 4.79 Å². The number of carbonyl (C=O) groups excluding carboxylic acids is 1. The number of hydrogen-bond acceptors (Lipinski definition) is 2. The van der Waals surface area contributed by atoms with Crippen LogP contribution in [-0.2, 0) is 0 Å². The van der Waals surface area contributed by atoms with Gasteiger partial charge in [0, 0.05) is 5.56 Å². The number of hydrogen-bond donors (Lipinski definition) is 1. The smallest absolute Gasteiger partial charge is 0.255 e. The van der Waals surface area contributed by atoms with E-state index in [1.807, 2.05) is 31.2 Å². The van der Waals surface area contributed by atoms with E-state index >= 15 is 0 Å². The van der Waals surface area contributed by atoms with Gasteiger partial charge in [-0.25, -0.2) is 0 Å². The topological polar surface area (TPSA) is 38.3 Å². The molecule has 0 saturated heterocycles. The summed E-state index contributed by atoms with van der Waals surface area (Å²) in [6, 6.07) is 14.5. The zero-order valence-electron chi connectivity index (χ0n) is 12.2. The molecule has 0 aliphatic rings. The molecule has 0 spiro atoms. The standard InChI is InChI=1S/C18H16ClNO2/c1-2-22-17-12-6-4-10-15(17)18(21)20-13-7-9-14-8-3-5-11-16(14)19/h3-6,8,10-12H,2,13H2,1H3,(H,20,21). The molecule has 2 aromatic carbocycles. The Labute approximate surface area is 135 Å². The molecule has 22 heavy (non-hydrogen) atoms. The molecule has 0 aliphatic heterocycles. The molecule has 0 unspecified atom stereocenters. The summed E-state index contributed by atoms with van der Waals surface area (Å²) in [4.78, 5) is 12.1. The number of nitrogens with one attached hydrogen (secondary N) is 1. The summed E-state index contributed by atoms with van der Waals surface area (Å²) in [5.41, 5.74) is 1.25. The molecule has 4 heteroatoms. The molecule has 0 saturated carbocycles. The van der Waals surface area contributed by atoms with E-state index in [-0.39, 0.29) is 12.5 Å². The number of halogens is 1. The van der Waals surface area contributed by atoms with Crippen molar-refractivity contribution in [3.63, 3.8) is 0 Å². The van der Waals surface area contributed by atoms with Gasteiger partial charge in [-0.1, -0.05) is 47.7 Å². The highest BCUT2D eigenvalue weighted by Crippen LogP contribution is 2.17. The molecule has 1 amide bonds. The average molecular weight is 314 g/mol. The Morgan fingerprint density at radius 2 is 1.91 bits per heavy atom. The van der Waals surface area contributed by atoms with Crippen molar-refractivity contribution in [2.75, 3.05) is 13.2 Å². The van der Waals surface area contributed by atoms with Gasteiger partial charge in [-0.15, -0.1) is 0 Å². The minimum absolute atomic E-state index is 0.211. The Balaban J connectivity index is 1.98. The number of benzene rings is 2. The molecule has 0 heterocycles. The van der Waals surface area contributed by atoms with Crippen LogP contribution in [0, 0.1) is 11.8 Å². The highest BCUT2D eigenvalue weighted by atomic mass is 35.5. The summed E-state index contributed by atoms with van der Waals surface area (Å²) in [6.07, 6.45) is 0. The molecule has 0 aromatic heterocycles. The molecule has 0 radical (unpaired) electrons. The third kappa shape index (κ3) is 4.28. The first-order chi connectivity index (χ1) is 10.7. The molecule has 2 aromatic rings. The largest absolute Gasteiger partial charge is 0.493 e. The van der Waals surface area contributed by atoms with Crippen LogP contribution in [0.25, 0.3) is 0 Å². The summed E-state index contributed by atoms with van der Waals surface area (Å²) in [6.45, 7) is 2.63. The number of para-hydroxylation sites is 1. The van der Waals surface area contributed by atoms with Gasteiger partial charge in [-0.2, -0.15) is 0 Å². The quantitative estimate of drug-likeness (QED) is 0.877. The van der Waals surface area contributed by atoms with E-state index in [1.54, 1.807) is 24.3 Å². The fourth-order valence-corrected chi connectivity index (χ4v) is 2.04. The molecule has 0 atom stereocenters. The van der Waals surface area contributed by atoms with Gasteiger partial charge < -0.3 is 10.1 Å². The van der Waals surface area contributed by atoms with E-state index in [1.165, 1.54) is 0 Å². The fourth-order valence-electron chi connectivity index (χ4n) is 1.86. The summed E-state index contributed by atoms with van der Waals surface area (Å²) in [5, 5.41) is 3.35. The first-order valence-electron chi connectivity index (χ1n) is 6.95. The van der Waals surface area contributed by atoms with E-state index in [0.717, 1.165) is 5.56 Å². The third-order valence-corrected chi connectivity index (χ3v) is 3.20. The highest BCUT2D eigenvalue weighted by Gasteiger charge is 2.10. The van der Waals surface area contributed by atoms with Gasteiger partial charge >= 0.3 is 0 Å². The molecule has 0 bridgehead atoms. The Bertz CT molecular complexity index is 716. The summed E-state index contributed by atoms with van der Waals surface area (Å²) >= 11 is 6.01. The molecule has 0 aliphatic carbocycles. The van der Waals surface area contributed by atoms with Crippen LogP contribution >= 0.6 is 11.6 Å². The molecule has 0 fully saturated rings. The van der Waals surface area contributed by atoms with E-state index in [0.29, 0.717) is 22.9 Å². The fraction of sp³-hybridized carbons (Fsp3) is 0.167. The van der Waals surface area contributed by atoms with E-state index in [2.05, 4.69) is 17.2 Å². The summed E-state index contributed by atoms with van der Waals surface area (Å²) < 4.78 is 5.44. The van der Waals surface area contributed by atoms with Gasteiger partial charge in [0.05, 0.1) is 23.7 Å². The van der Waals surface area contributed by atoms with Crippen molar-refractivity contribution in [3.05, 3.63) is 64.7 Å². The SMILES string of the molecule is CCOc1ccccc1C(=O)NCC#Cc1ccccc1Cl.